The van der Waals surface area contributed by atoms with Crippen molar-refractivity contribution in [2.75, 3.05) is 13.7 Å². The summed E-state index contributed by atoms with van der Waals surface area (Å²) in [6, 6.07) is 0.356. The highest BCUT2D eigenvalue weighted by molar-refractivity contribution is 5.07. The molecule has 17 heavy (non-hydrogen) atoms. The van der Waals surface area contributed by atoms with Crippen LogP contribution < -0.4 is 5.32 Å². The van der Waals surface area contributed by atoms with E-state index in [2.05, 4.69) is 37.4 Å². The molecule has 0 saturated heterocycles. The summed E-state index contributed by atoms with van der Waals surface area (Å²) in [6.45, 7) is 8.34. The molecule has 0 amide bonds. The summed E-state index contributed by atoms with van der Waals surface area (Å²) >= 11 is 0. The minimum Gasteiger partial charge on any atom is -0.380 e. The molecular weight excluding hydrogens is 214 g/mol. The van der Waals surface area contributed by atoms with Gasteiger partial charge in [0.1, 0.15) is 0 Å². The van der Waals surface area contributed by atoms with Crippen LogP contribution in [0.2, 0.25) is 0 Å². The van der Waals surface area contributed by atoms with Crippen LogP contribution in [-0.4, -0.2) is 35.6 Å². The van der Waals surface area contributed by atoms with Gasteiger partial charge in [-0.1, -0.05) is 6.92 Å². The Balaban J connectivity index is 2.57. The van der Waals surface area contributed by atoms with Gasteiger partial charge in [0.15, 0.2) is 0 Å². The molecule has 2 unspecified atom stereocenters. The third-order valence-corrected chi connectivity index (χ3v) is 3.06. The van der Waals surface area contributed by atoms with E-state index in [-0.39, 0.29) is 6.10 Å². The fraction of sp³-hybridized carbons (Fsp3) is 0.769. The molecule has 0 aliphatic rings. The van der Waals surface area contributed by atoms with E-state index in [1.807, 2.05) is 10.9 Å². The number of hydrogen-bond donors (Lipinski definition) is 1. The van der Waals surface area contributed by atoms with Crippen molar-refractivity contribution < 1.29 is 4.74 Å². The Morgan fingerprint density at radius 3 is 2.76 bits per heavy atom. The molecule has 0 saturated carbocycles. The number of rotatable bonds is 8. The molecule has 1 N–H and O–H groups in total. The lowest BCUT2D eigenvalue weighted by Gasteiger charge is -2.23. The zero-order valence-electron chi connectivity index (χ0n) is 11.4. The maximum absolute atomic E-state index is 5.42. The van der Waals surface area contributed by atoms with Crippen LogP contribution in [0.4, 0.5) is 0 Å². The molecule has 0 aliphatic heterocycles. The van der Waals surface area contributed by atoms with Gasteiger partial charge in [-0.05, 0) is 38.8 Å². The van der Waals surface area contributed by atoms with Crippen molar-refractivity contribution in [2.45, 2.75) is 52.3 Å². The topological polar surface area (TPSA) is 39.1 Å². The highest BCUT2D eigenvalue weighted by Crippen LogP contribution is 2.08. The van der Waals surface area contributed by atoms with Crippen LogP contribution in [-0.2, 0) is 17.7 Å². The van der Waals surface area contributed by atoms with Gasteiger partial charge in [-0.3, -0.25) is 4.68 Å². The number of ether oxygens (including phenoxy) is 1. The second-order valence-corrected chi connectivity index (χ2v) is 4.41. The Labute approximate surface area is 104 Å². The predicted octanol–water partition coefficient (Wildman–Crippen LogP) is 1.85. The van der Waals surface area contributed by atoms with Crippen molar-refractivity contribution in [3.8, 4) is 0 Å². The number of aromatic nitrogens is 2. The molecule has 1 rings (SSSR count). The first-order valence-corrected chi connectivity index (χ1v) is 6.48. The maximum Gasteiger partial charge on any atom is 0.0699 e. The molecular formula is C13H25N3O. The Morgan fingerprint density at radius 1 is 1.47 bits per heavy atom. The summed E-state index contributed by atoms with van der Waals surface area (Å²) in [6.07, 6.45) is 6.39. The molecule has 0 spiro atoms. The number of nitrogens with one attached hydrogen (secondary N) is 1. The molecule has 1 aromatic rings. The summed E-state index contributed by atoms with van der Waals surface area (Å²) in [5, 5.41) is 7.84. The Hall–Kier alpha value is -0.870. The van der Waals surface area contributed by atoms with Crippen LogP contribution in [0.5, 0.6) is 0 Å². The van der Waals surface area contributed by atoms with E-state index in [1.165, 1.54) is 5.56 Å². The Kier molecular flexibility index (Phi) is 6.22. The fourth-order valence-corrected chi connectivity index (χ4v) is 1.84. The highest BCUT2D eigenvalue weighted by Gasteiger charge is 2.17. The monoisotopic (exact) mass is 239 g/mol. The van der Waals surface area contributed by atoms with Crippen LogP contribution >= 0.6 is 0 Å². The molecule has 0 aliphatic carbocycles. The maximum atomic E-state index is 5.42. The van der Waals surface area contributed by atoms with E-state index < -0.39 is 0 Å². The van der Waals surface area contributed by atoms with Gasteiger partial charge < -0.3 is 10.1 Å². The molecule has 98 valence electrons. The van der Waals surface area contributed by atoms with Gasteiger partial charge in [-0.25, -0.2) is 0 Å². The van der Waals surface area contributed by atoms with Gasteiger partial charge >= 0.3 is 0 Å². The second-order valence-electron chi connectivity index (χ2n) is 4.41. The van der Waals surface area contributed by atoms with Crippen LogP contribution in [0, 0.1) is 0 Å². The van der Waals surface area contributed by atoms with Crippen molar-refractivity contribution in [1.82, 2.24) is 15.1 Å². The molecule has 0 fully saturated rings. The van der Waals surface area contributed by atoms with Gasteiger partial charge in [0.25, 0.3) is 0 Å². The third kappa shape index (κ3) is 4.48. The lowest BCUT2D eigenvalue weighted by Crippen LogP contribution is -2.41. The molecule has 0 aromatic carbocycles. The lowest BCUT2D eigenvalue weighted by atomic mass is 10.0. The van der Waals surface area contributed by atoms with Gasteiger partial charge in [0, 0.05) is 25.9 Å². The molecule has 0 bridgehead atoms. The summed E-state index contributed by atoms with van der Waals surface area (Å²) < 4.78 is 7.39. The van der Waals surface area contributed by atoms with E-state index in [1.54, 1.807) is 7.11 Å². The molecule has 1 aromatic heterocycles. The number of hydrogen-bond acceptors (Lipinski definition) is 3. The van der Waals surface area contributed by atoms with Crippen molar-refractivity contribution in [3.05, 3.63) is 18.0 Å². The van der Waals surface area contributed by atoms with Crippen LogP contribution in [0.15, 0.2) is 12.4 Å². The molecule has 1 heterocycles. The number of methoxy groups -OCH3 is 1. The summed E-state index contributed by atoms with van der Waals surface area (Å²) in [7, 11) is 1.76. The van der Waals surface area contributed by atoms with Gasteiger partial charge in [-0.2, -0.15) is 5.10 Å². The first kappa shape index (κ1) is 14.2. The summed E-state index contributed by atoms with van der Waals surface area (Å²) in [5.41, 5.74) is 1.27. The molecule has 4 heteroatoms. The summed E-state index contributed by atoms with van der Waals surface area (Å²) in [5.74, 6) is 0. The van der Waals surface area contributed by atoms with Crippen LogP contribution in [0.25, 0.3) is 0 Å². The van der Waals surface area contributed by atoms with Gasteiger partial charge in [0.2, 0.25) is 0 Å². The molecule has 2 atom stereocenters. The Morgan fingerprint density at radius 2 is 2.24 bits per heavy atom. The average molecular weight is 239 g/mol. The SMILES string of the molecule is CCCNC(Cc1cnn(CC)c1)C(C)OC. The minimum absolute atomic E-state index is 0.214. The standard InChI is InChI=1S/C13H25N3O/c1-5-7-14-13(11(3)17-4)8-12-9-15-16(6-2)10-12/h9-11,13-14H,5-8H2,1-4H3. The lowest BCUT2D eigenvalue weighted by molar-refractivity contribution is 0.0831. The largest absolute Gasteiger partial charge is 0.380 e. The van der Waals surface area contributed by atoms with Crippen molar-refractivity contribution in [2.24, 2.45) is 0 Å². The summed E-state index contributed by atoms with van der Waals surface area (Å²) in [4.78, 5) is 0. The van der Waals surface area contributed by atoms with E-state index in [0.29, 0.717) is 6.04 Å². The minimum atomic E-state index is 0.214. The predicted molar refractivity (Wildman–Crippen MR) is 70.2 cm³/mol. The van der Waals surface area contributed by atoms with E-state index in [4.69, 9.17) is 4.74 Å². The number of nitrogens with zero attached hydrogens (tertiary/aromatic N) is 2. The average Bonchev–Trinajstić information content (AvgIpc) is 2.81. The van der Waals surface area contributed by atoms with Crippen LogP contribution in [0.3, 0.4) is 0 Å². The van der Waals surface area contributed by atoms with Gasteiger partial charge in [0.05, 0.1) is 12.3 Å². The van der Waals surface area contributed by atoms with Crippen LogP contribution in [0.1, 0.15) is 32.8 Å². The normalized spacial score (nSPS) is 14.8. The molecule has 4 nitrogen and oxygen atoms in total. The third-order valence-electron chi connectivity index (χ3n) is 3.06. The smallest absolute Gasteiger partial charge is 0.0699 e. The first-order valence-electron chi connectivity index (χ1n) is 6.48. The Bertz CT molecular complexity index is 311. The van der Waals surface area contributed by atoms with Crippen molar-refractivity contribution in [3.63, 3.8) is 0 Å². The zero-order valence-corrected chi connectivity index (χ0v) is 11.4. The quantitative estimate of drug-likeness (QED) is 0.752. The first-order chi connectivity index (χ1) is 8.21. The van der Waals surface area contributed by atoms with E-state index in [9.17, 15) is 0 Å². The molecule has 0 radical (unpaired) electrons. The van der Waals surface area contributed by atoms with E-state index >= 15 is 0 Å². The van der Waals surface area contributed by atoms with E-state index in [0.717, 1.165) is 25.9 Å². The fourth-order valence-electron chi connectivity index (χ4n) is 1.84. The second kappa shape index (κ2) is 7.45. The van der Waals surface area contributed by atoms with Gasteiger partial charge in [-0.15, -0.1) is 0 Å². The number of aryl methyl sites for hydroxylation is 1. The van der Waals surface area contributed by atoms with Crippen molar-refractivity contribution in [1.29, 1.82) is 0 Å². The van der Waals surface area contributed by atoms with Crippen molar-refractivity contribution >= 4 is 0 Å². The highest BCUT2D eigenvalue weighted by atomic mass is 16.5. The zero-order chi connectivity index (χ0) is 12.7.